The molecule has 0 radical (unpaired) electrons. The van der Waals surface area contributed by atoms with Crippen LogP contribution in [-0.4, -0.2) is 26.8 Å². The molecule has 5 rings (SSSR count). The number of aryl methyl sites for hydroxylation is 2. The Morgan fingerprint density at radius 1 is 1.12 bits per heavy atom. The second-order valence-corrected chi connectivity index (χ2v) is 8.31. The van der Waals surface area contributed by atoms with E-state index in [2.05, 4.69) is 4.98 Å². The molecular formula is C25H19ClF2N4O2. The number of imidazole rings is 1. The van der Waals surface area contributed by atoms with Gasteiger partial charge in [0.1, 0.15) is 34.4 Å². The number of carbonyl (C=O) groups is 1. The highest BCUT2D eigenvalue weighted by molar-refractivity contribution is 6.38. The Bertz CT molecular complexity index is 1610. The average Bonchev–Trinajstić information content (AvgIpc) is 3.38. The Hall–Kier alpha value is -3.91. The molecular weight excluding hydrogens is 462 g/mol. The minimum atomic E-state index is -0.986. The van der Waals surface area contributed by atoms with Crippen molar-refractivity contribution in [1.82, 2.24) is 14.0 Å². The molecule has 5 aromatic rings. The van der Waals surface area contributed by atoms with Gasteiger partial charge in [-0.05, 0) is 37.3 Å². The number of hydrogen-bond donors (Lipinski definition) is 1. The molecule has 0 atom stereocenters. The predicted octanol–water partition coefficient (Wildman–Crippen LogP) is 5.55. The van der Waals surface area contributed by atoms with E-state index in [1.165, 1.54) is 0 Å². The number of rotatable bonds is 4. The highest BCUT2D eigenvalue weighted by atomic mass is 35.5. The zero-order valence-electron chi connectivity index (χ0n) is 18.5. The highest BCUT2D eigenvalue weighted by Crippen LogP contribution is 2.43. The molecule has 34 heavy (non-hydrogen) atoms. The second-order valence-electron chi connectivity index (χ2n) is 7.93. The Morgan fingerprint density at radius 2 is 1.82 bits per heavy atom. The molecule has 0 saturated carbocycles. The van der Waals surface area contributed by atoms with Crippen LogP contribution in [0.15, 0.2) is 48.7 Å². The van der Waals surface area contributed by atoms with Crippen LogP contribution in [0.5, 0.6) is 5.75 Å². The maximum Gasteiger partial charge on any atom is 0.209 e. The van der Waals surface area contributed by atoms with Gasteiger partial charge in [0, 0.05) is 36.0 Å². The molecule has 9 heteroatoms. The molecule has 0 aliphatic carbocycles. The average molecular weight is 481 g/mol. The van der Waals surface area contributed by atoms with E-state index in [0.29, 0.717) is 32.9 Å². The van der Waals surface area contributed by atoms with E-state index in [-0.39, 0.29) is 11.3 Å². The number of nitrogens with two attached hydrogens (primary N) is 1. The third kappa shape index (κ3) is 3.13. The molecule has 0 amide bonds. The number of fused-ring (bicyclic) bond motifs is 2. The van der Waals surface area contributed by atoms with Gasteiger partial charge in [-0.25, -0.2) is 13.8 Å². The summed E-state index contributed by atoms with van der Waals surface area (Å²) in [7, 11) is 3.45. The Morgan fingerprint density at radius 3 is 2.50 bits per heavy atom. The highest BCUT2D eigenvalue weighted by Gasteiger charge is 2.23. The normalized spacial score (nSPS) is 11.5. The van der Waals surface area contributed by atoms with Crippen molar-refractivity contribution < 1.29 is 18.3 Å². The fourth-order valence-electron chi connectivity index (χ4n) is 4.19. The van der Waals surface area contributed by atoms with Gasteiger partial charge in [-0.15, -0.1) is 0 Å². The zero-order valence-corrected chi connectivity index (χ0v) is 19.2. The van der Waals surface area contributed by atoms with Crippen molar-refractivity contribution in [1.29, 1.82) is 0 Å². The molecule has 0 fully saturated rings. The van der Waals surface area contributed by atoms with Gasteiger partial charge >= 0.3 is 0 Å². The van der Waals surface area contributed by atoms with Crippen LogP contribution in [0.1, 0.15) is 21.9 Å². The lowest BCUT2D eigenvalue weighted by atomic mass is 10.0. The summed E-state index contributed by atoms with van der Waals surface area (Å²) >= 11 is 6.83. The Balaban J connectivity index is 1.72. The fourth-order valence-corrected chi connectivity index (χ4v) is 4.52. The van der Waals surface area contributed by atoms with Gasteiger partial charge in [-0.3, -0.25) is 4.79 Å². The molecule has 3 heterocycles. The van der Waals surface area contributed by atoms with Crippen LogP contribution in [-0.2, 0) is 7.05 Å². The molecule has 2 N–H and O–H groups in total. The number of pyridine rings is 1. The number of nitrogens with zero attached hydrogens (tertiary/aromatic N) is 3. The minimum Gasteiger partial charge on any atom is -0.496 e. The number of ether oxygens (including phenoxy) is 1. The largest absolute Gasteiger partial charge is 0.496 e. The first-order chi connectivity index (χ1) is 16.2. The van der Waals surface area contributed by atoms with Crippen molar-refractivity contribution in [2.45, 2.75) is 6.92 Å². The quantitative estimate of drug-likeness (QED) is 0.270. The lowest BCUT2D eigenvalue weighted by molar-refractivity contribution is 0.103. The van der Waals surface area contributed by atoms with Crippen LogP contribution in [0.2, 0.25) is 5.02 Å². The van der Waals surface area contributed by atoms with E-state index in [4.69, 9.17) is 22.1 Å². The molecule has 0 spiro atoms. The molecule has 0 aliphatic heterocycles. The van der Waals surface area contributed by atoms with Gasteiger partial charge in [0.15, 0.2) is 0 Å². The third-order valence-corrected chi connectivity index (χ3v) is 6.43. The first kappa shape index (κ1) is 21.9. The molecule has 0 unspecified atom stereocenters. The van der Waals surface area contributed by atoms with Crippen LogP contribution < -0.4 is 10.5 Å². The van der Waals surface area contributed by atoms with Crippen molar-refractivity contribution in [3.05, 3.63) is 82.4 Å². The van der Waals surface area contributed by atoms with Crippen molar-refractivity contribution in [2.75, 3.05) is 12.8 Å². The standard InChI is InChI=1S/C25H19ClF2N4O2/c1-12-30-24-19(31(12)2)11-20(34-3)21(22(24)26)14-5-4-8-32-17(14)6-7-18(32)25(33)13-9-15(27)23(29)16(28)10-13/h4-11H,29H2,1-3H3. The van der Waals surface area contributed by atoms with Crippen LogP contribution in [0.3, 0.4) is 0 Å². The molecule has 0 saturated heterocycles. The van der Waals surface area contributed by atoms with Crippen molar-refractivity contribution in [3.63, 3.8) is 0 Å². The molecule has 0 aliphatic rings. The number of aromatic nitrogens is 3. The summed E-state index contributed by atoms with van der Waals surface area (Å²) in [6, 6.07) is 10.7. The summed E-state index contributed by atoms with van der Waals surface area (Å²) in [6.07, 6.45) is 1.69. The van der Waals surface area contributed by atoms with Crippen LogP contribution in [0.25, 0.3) is 27.7 Å². The smallest absolute Gasteiger partial charge is 0.209 e. The third-order valence-electron chi connectivity index (χ3n) is 6.06. The van der Waals surface area contributed by atoms with E-state index in [1.54, 1.807) is 35.9 Å². The van der Waals surface area contributed by atoms with E-state index in [0.717, 1.165) is 23.5 Å². The monoisotopic (exact) mass is 480 g/mol. The number of halogens is 3. The van der Waals surface area contributed by atoms with Crippen molar-refractivity contribution >= 4 is 39.6 Å². The second kappa shape index (κ2) is 7.85. The number of hydrogen-bond acceptors (Lipinski definition) is 4. The van der Waals surface area contributed by atoms with Crippen molar-refractivity contribution in [2.24, 2.45) is 7.05 Å². The van der Waals surface area contributed by atoms with Crippen molar-refractivity contribution in [3.8, 4) is 16.9 Å². The van der Waals surface area contributed by atoms with E-state index < -0.39 is 23.1 Å². The number of methoxy groups -OCH3 is 1. The predicted molar refractivity (Wildman–Crippen MR) is 128 cm³/mol. The van der Waals surface area contributed by atoms with Crippen LogP contribution >= 0.6 is 11.6 Å². The summed E-state index contributed by atoms with van der Waals surface area (Å²) in [6.45, 7) is 1.89. The molecule has 3 aromatic heterocycles. The number of nitrogen functional groups attached to an aromatic ring is 1. The first-order valence-electron chi connectivity index (χ1n) is 10.3. The number of carbonyl (C=O) groups excluding carboxylic acids is 1. The lowest BCUT2D eigenvalue weighted by Crippen LogP contribution is -2.08. The molecule has 172 valence electrons. The van der Waals surface area contributed by atoms with E-state index in [1.807, 2.05) is 30.7 Å². The van der Waals surface area contributed by atoms with Gasteiger partial charge in [-0.2, -0.15) is 0 Å². The van der Waals surface area contributed by atoms with Gasteiger partial charge in [0.25, 0.3) is 0 Å². The number of ketones is 1. The van der Waals surface area contributed by atoms with Gasteiger partial charge < -0.3 is 19.4 Å². The minimum absolute atomic E-state index is 0.143. The topological polar surface area (TPSA) is 74.5 Å². The summed E-state index contributed by atoms with van der Waals surface area (Å²) < 4.78 is 37.2. The van der Waals surface area contributed by atoms with Gasteiger partial charge in [0.2, 0.25) is 5.78 Å². The Labute approximate surface area is 198 Å². The van der Waals surface area contributed by atoms with Crippen LogP contribution in [0.4, 0.5) is 14.5 Å². The number of anilines is 1. The summed E-state index contributed by atoms with van der Waals surface area (Å²) in [5.41, 5.74) is 8.26. The molecule has 2 aromatic carbocycles. The molecule has 6 nitrogen and oxygen atoms in total. The Kier molecular flexibility index (Phi) is 5.06. The number of benzene rings is 2. The van der Waals surface area contributed by atoms with E-state index in [9.17, 15) is 13.6 Å². The maximum atomic E-state index is 14.0. The van der Waals surface area contributed by atoms with E-state index >= 15 is 0 Å². The fraction of sp³-hybridized carbons (Fsp3) is 0.120. The lowest BCUT2D eigenvalue weighted by Gasteiger charge is -2.14. The zero-order chi connectivity index (χ0) is 24.3. The molecule has 0 bridgehead atoms. The van der Waals surface area contributed by atoms with Gasteiger partial charge in [-0.1, -0.05) is 17.7 Å². The maximum absolute atomic E-state index is 14.0. The SMILES string of the molecule is COc1cc2c(nc(C)n2C)c(Cl)c1-c1cccn2c(C(=O)c3cc(F)c(N)c(F)c3)ccc12. The van der Waals surface area contributed by atoms with Gasteiger partial charge in [0.05, 0.1) is 28.9 Å². The summed E-state index contributed by atoms with van der Waals surface area (Å²) in [5, 5.41) is 0.419. The summed E-state index contributed by atoms with van der Waals surface area (Å²) in [5.74, 6) is -1.18. The first-order valence-corrected chi connectivity index (χ1v) is 10.7. The van der Waals surface area contributed by atoms with Crippen LogP contribution in [0, 0.1) is 18.6 Å². The summed E-state index contributed by atoms with van der Waals surface area (Å²) in [4.78, 5) is 17.7.